The van der Waals surface area contributed by atoms with Crippen molar-refractivity contribution in [1.82, 2.24) is 4.72 Å². The summed E-state index contributed by atoms with van der Waals surface area (Å²) in [6.45, 7) is 1.65. The second-order valence-corrected chi connectivity index (χ2v) is 15.6. The van der Waals surface area contributed by atoms with Crippen LogP contribution in [0, 0.1) is 0 Å². The van der Waals surface area contributed by atoms with Crippen LogP contribution in [0.5, 0.6) is 0 Å². The largest absolute Gasteiger partial charge is 0.264 e. The van der Waals surface area contributed by atoms with Crippen LogP contribution in [0.4, 0.5) is 5.69 Å². The molecule has 1 N–H and O–H groups in total. The van der Waals surface area contributed by atoms with E-state index in [-0.39, 0.29) is 57.1 Å². The van der Waals surface area contributed by atoms with Crippen molar-refractivity contribution < 1.29 is 25.3 Å². The van der Waals surface area contributed by atoms with Crippen LogP contribution in [0.3, 0.4) is 0 Å². The molecule has 0 aromatic heterocycles. The van der Waals surface area contributed by atoms with Crippen LogP contribution < -0.4 is 9.03 Å². The van der Waals surface area contributed by atoms with Crippen molar-refractivity contribution >= 4 is 70.4 Å². The van der Waals surface area contributed by atoms with E-state index in [9.17, 15) is 25.3 Å². The van der Waals surface area contributed by atoms with Gasteiger partial charge in [0.25, 0.3) is 10.0 Å². The normalized spacial score (nSPS) is 18.9. The first-order valence-corrected chi connectivity index (χ1v) is 16.7. The summed E-state index contributed by atoms with van der Waals surface area (Å²) in [6.07, 6.45) is 0.540. The number of sulfonamides is 2. The van der Waals surface area contributed by atoms with Gasteiger partial charge in [0.1, 0.15) is 0 Å². The third-order valence-corrected chi connectivity index (χ3v) is 11.6. The van der Waals surface area contributed by atoms with Crippen LogP contribution in [-0.2, 0) is 29.9 Å². The molecule has 0 saturated carbocycles. The van der Waals surface area contributed by atoms with Gasteiger partial charge in [-0.1, -0.05) is 34.8 Å². The number of sulfone groups is 1. The van der Waals surface area contributed by atoms with Crippen molar-refractivity contribution in [3.05, 3.63) is 57.5 Å². The Morgan fingerprint density at radius 3 is 2.26 bits per heavy atom. The number of nitrogens with one attached hydrogen (secondary N) is 1. The van der Waals surface area contributed by atoms with Crippen LogP contribution in [0.15, 0.2) is 47.4 Å². The average molecular weight is 604 g/mol. The molecule has 0 bridgehead atoms. The smallest absolute Gasteiger partial charge is 0.262 e. The Labute approximate surface area is 221 Å². The van der Waals surface area contributed by atoms with Crippen LogP contribution in [0.25, 0.3) is 0 Å². The van der Waals surface area contributed by atoms with E-state index in [2.05, 4.69) is 4.72 Å². The van der Waals surface area contributed by atoms with Gasteiger partial charge in [-0.3, -0.25) is 4.31 Å². The van der Waals surface area contributed by atoms with Crippen molar-refractivity contribution in [2.75, 3.05) is 21.6 Å². The van der Waals surface area contributed by atoms with Crippen LogP contribution >= 0.6 is 34.8 Å². The predicted octanol–water partition coefficient (Wildman–Crippen LogP) is 4.12. The molecule has 1 aliphatic rings. The second kappa shape index (κ2) is 11.1. The van der Waals surface area contributed by atoms with Gasteiger partial charge < -0.3 is 0 Å². The number of nitrogens with zero attached hydrogens (tertiary/aromatic N) is 1. The number of hydrogen-bond donors (Lipinski definition) is 1. The van der Waals surface area contributed by atoms with Gasteiger partial charge in [0.15, 0.2) is 9.84 Å². The molecule has 14 heteroatoms. The number of rotatable bonds is 10. The first-order valence-electron chi connectivity index (χ1n) is 10.7. The van der Waals surface area contributed by atoms with Crippen LogP contribution in [-0.4, -0.2) is 54.6 Å². The van der Waals surface area contributed by atoms with Gasteiger partial charge in [0.05, 0.1) is 32.9 Å². The molecule has 0 amide bonds. The van der Waals surface area contributed by atoms with E-state index in [1.54, 1.807) is 6.92 Å². The molecule has 2 aromatic rings. The molecule has 35 heavy (non-hydrogen) atoms. The van der Waals surface area contributed by atoms with Gasteiger partial charge in [-0.15, -0.1) is 0 Å². The van der Waals surface area contributed by atoms with E-state index in [4.69, 9.17) is 34.8 Å². The van der Waals surface area contributed by atoms with Crippen LogP contribution in [0.1, 0.15) is 26.2 Å². The minimum atomic E-state index is -4.11. The maximum atomic E-state index is 13.6. The SMILES string of the molecule is C[C@H](CCCS(=O)(=O)NC1CCS(=O)(=O)C1)N(c1cc(Cl)ccc1Cl)S(=O)(=O)c1ccc(Cl)cc1. The fourth-order valence-electron chi connectivity index (χ4n) is 3.87. The lowest BCUT2D eigenvalue weighted by Gasteiger charge is -2.31. The highest BCUT2D eigenvalue weighted by atomic mass is 35.5. The van der Waals surface area contributed by atoms with Gasteiger partial charge >= 0.3 is 0 Å². The van der Waals surface area contributed by atoms with E-state index in [1.807, 2.05) is 0 Å². The van der Waals surface area contributed by atoms with E-state index < -0.39 is 42.0 Å². The predicted molar refractivity (Wildman–Crippen MR) is 140 cm³/mol. The monoisotopic (exact) mass is 602 g/mol. The first-order chi connectivity index (χ1) is 16.2. The summed E-state index contributed by atoms with van der Waals surface area (Å²) in [5, 5.41) is 0.818. The van der Waals surface area contributed by atoms with Gasteiger partial charge in [-0.05, 0) is 68.7 Å². The highest BCUT2D eigenvalue weighted by molar-refractivity contribution is 7.93. The summed E-state index contributed by atoms with van der Waals surface area (Å²) < 4.78 is 78.9. The van der Waals surface area contributed by atoms with Gasteiger partial charge in [-0.25, -0.2) is 30.0 Å². The number of benzene rings is 2. The van der Waals surface area contributed by atoms with Gasteiger partial charge in [0, 0.05) is 22.1 Å². The summed E-state index contributed by atoms with van der Waals surface area (Å²) in [5.41, 5.74) is 0.166. The van der Waals surface area contributed by atoms with E-state index in [0.29, 0.717) is 5.02 Å². The summed E-state index contributed by atoms with van der Waals surface area (Å²) in [7, 11) is -11.1. The molecule has 8 nitrogen and oxygen atoms in total. The van der Waals surface area contributed by atoms with Crippen LogP contribution in [0.2, 0.25) is 15.1 Å². The van der Waals surface area contributed by atoms with Gasteiger partial charge in [0.2, 0.25) is 10.0 Å². The Morgan fingerprint density at radius 1 is 1.03 bits per heavy atom. The molecule has 2 aromatic carbocycles. The third-order valence-electron chi connectivity index (χ3n) is 5.53. The zero-order chi connectivity index (χ0) is 26.0. The molecule has 3 rings (SSSR count). The van der Waals surface area contributed by atoms with E-state index in [0.717, 1.165) is 4.31 Å². The number of anilines is 1. The first kappa shape index (κ1) is 28.5. The molecular weight excluding hydrogens is 579 g/mol. The minimum Gasteiger partial charge on any atom is -0.262 e. The molecule has 2 atom stereocenters. The Kier molecular flexibility index (Phi) is 9.05. The second-order valence-electron chi connectivity index (χ2n) is 8.38. The fraction of sp³-hybridized carbons (Fsp3) is 0.429. The lowest BCUT2D eigenvalue weighted by atomic mass is 10.2. The standard InChI is InChI=1S/C21H25Cl3N2O6S3/c1-15(3-2-11-34(29,30)25-18-10-12-33(27,28)14-18)26(21-13-17(23)6-9-20(21)24)35(31,32)19-7-4-16(22)5-8-19/h4-9,13,15,18,25H,2-3,10-12,14H2,1H3/t15-,18?/m1/s1. The molecule has 194 valence electrons. The molecule has 1 unspecified atom stereocenters. The van der Waals surface area contributed by atoms with Crippen molar-refractivity contribution in [2.24, 2.45) is 0 Å². The maximum absolute atomic E-state index is 13.6. The van der Waals surface area contributed by atoms with Crippen molar-refractivity contribution in [3.8, 4) is 0 Å². The minimum absolute atomic E-state index is 0.0125. The molecular formula is C21H25Cl3N2O6S3. The molecule has 1 saturated heterocycles. The molecule has 1 fully saturated rings. The number of halogens is 3. The molecule has 0 aliphatic carbocycles. The van der Waals surface area contributed by atoms with Crippen molar-refractivity contribution in [3.63, 3.8) is 0 Å². The molecule has 0 radical (unpaired) electrons. The van der Waals surface area contributed by atoms with E-state index in [1.165, 1.54) is 42.5 Å². The summed E-state index contributed by atoms with van der Waals surface area (Å²) in [6, 6.07) is 8.79. The zero-order valence-corrected chi connectivity index (χ0v) is 23.4. The summed E-state index contributed by atoms with van der Waals surface area (Å²) >= 11 is 18.4. The maximum Gasteiger partial charge on any atom is 0.264 e. The lowest BCUT2D eigenvalue weighted by Crippen LogP contribution is -2.40. The highest BCUT2D eigenvalue weighted by Gasteiger charge is 2.33. The van der Waals surface area contributed by atoms with E-state index >= 15 is 0 Å². The summed E-state index contributed by atoms with van der Waals surface area (Å²) in [5.74, 6) is -0.551. The fourth-order valence-corrected chi connectivity index (χ4v) is 9.27. The Bertz CT molecular complexity index is 1380. The Hall–Kier alpha value is -1.08. The topological polar surface area (TPSA) is 118 Å². The quantitative estimate of drug-likeness (QED) is 0.437. The van der Waals surface area contributed by atoms with Crippen molar-refractivity contribution in [1.29, 1.82) is 0 Å². The third kappa shape index (κ3) is 7.47. The molecule has 1 heterocycles. The van der Waals surface area contributed by atoms with Gasteiger partial charge in [-0.2, -0.15) is 0 Å². The summed E-state index contributed by atoms with van der Waals surface area (Å²) in [4.78, 5) is -0.0125. The molecule has 0 spiro atoms. The average Bonchev–Trinajstić information content (AvgIpc) is 3.08. The Morgan fingerprint density at radius 2 is 1.66 bits per heavy atom. The Balaban J connectivity index is 1.80. The number of hydrogen-bond acceptors (Lipinski definition) is 6. The molecule has 1 aliphatic heterocycles. The lowest BCUT2D eigenvalue weighted by molar-refractivity contribution is 0.551. The highest BCUT2D eigenvalue weighted by Crippen LogP contribution is 2.35. The van der Waals surface area contributed by atoms with Crippen molar-refractivity contribution in [2.45, 2.75) is 43.2 Å². The zero-order valence-electron chi connectivity index (χ0n) is 18.7.